The second kappa shape index (κ2) is 6.88. The van der Waals surface area contributed by atoms with Crippen molar-refractivity contribution >= 4 is 0 Å². The van der Waals surface area contributed by atoms with E-state index in [1.807, 2.05) is 18.2 Å². The Morgan fingerprint density at radius 2 is 1.94 bits per heavy atom. The molecule has 1 aliphatic heterocycles. The van der Waals surface area contributed by atoms with E-state index in [4.69, 9.17) is 0 Å². The van der Waals surface area contributed by atoms with Crippen molar-refractivity contribution in [1.82, 2.24) is 10.2 Å². The smallest absolute Gasteiger partial charge is 0.0626 e. The Morgan fingerprint density at radius 1 is 1.28 bits per heavy atom. The second-order valence-corrected chi connectivity index (χ2v) is 5.02. The fourth-order valence-corrected chi connectivity index (χ4v) is 2.64. The van der Waals surface area contributed by atoms with Gasteiger partial charge in [0, 0.05) is 6.04 Å². The molecule has 1 unspecified atom stereocenters. The lowest BCUT2D eigenvalue weighted by molar-refractivity contribution is 0.177. The van der Waals surface area contributed by atoms with Crippen molar-refractivity contribution in [1.29, 1.82) is 0 Å². The molecule has 0 amide bonds. The average Bonchev–Trinajstić information content (AvgIpc) is 2.46. The molecule has 0 aromatic heterocycles. The Kier molecular flexibility index (Phi) is 5.17. The van der Waals surface area contributed by atoms with E-state index in [-0.39, 0.29) is 12.6 Å². The predicted molar refractivity (Wildman–Crippen MR) is 74.5 cm³/mol. The molecule has 0 radical (unpaired) electrons. The van der Waals surface area contributed by atoms with Gasteiger partial charge in [-0.2, -0.15) is 0 Å². The van der Waals surface area contributed by atoms with Gasteiger partial charge in [0.15, 0.2) is 0 Å². The number of rotatable bonds is 5. The lowest BCUT2D eigenvalue weighted by Gasteiger charge is -2.33. The molecular weight excluding hydrogens is 224 g/mol. The van der Waals surface area contributed by atoms with Crippen LogP contribution >= 0.6 is 0 Å². The summed E-state index contributed by atoms with van der Waals surface area (Å²) < 4.78 is 0. The van der Waals surface area contributed by atoms with Crippen LogP contribution in [0.25, 0.3) is 0 Å². The van der Waals surface area contributed by atoms with Crippen LogP contribution in [0.15, 0.2) is 30.3 Å². The van der Waals surface area contributed by atoms with Crippen LogP contribution in [0, 0.1) is 0 Å². The van der Waals surface area contributed by atoms with Gasteiger partial charge < -0.3 is 15.3 Å². The molecule has 18 heavy (non-hydrogen) atoms. The molecule has 2 rings (SSSR count). The van der Waals surface area contributed by atoms with Crippen LogP contribution < -0.4 is 5.32 Å². The van der Waals surface area contributed by atoms with Crippen molar-refractivity contribution in [3.63, 3.8) is 0 Å². The minimum absolute atomic E-state index is 0.0735. The molecular formula is C15H24N2O. The third-order valence-electron chi connectivity index (χ3n) is 3.86. The summed E-state index contributed by atoms with van der Waals surface area (Å²) in [5.41, 5.74) is 1.18. The Labute approximate surface area is 110 Å². The van der Waals surface area contributed by atoms with Gasteiger partial charge in [0.1, 0.15) is 0 Å². The van der Waals surface area contributed by atoms with Gasteiger partial charge in [-0.25, -0.2) is 0 Å². The standard InChI is InChI=1S/C15H24N2O/c1-2-17-10-8-14(9-11-17)16-15(12-18)13-6-4-3-5-7-13/h3-7,14-16,18H,2,8-12H2,1H3. The molecule has 1 aromatic rings. The first-order valence-corrected chi connectivity index (χ1v) is 6.97. The first-order chi connectivity index (χ1) is 8.83. The zero-order valence-electron chi connectivity index (χ0n) is 11.2. The number of benzene rings is 1. The summed E-state index contributed by atoms with van der Waals surface area (Å²) in [6, 6.07) is 10.8. The van der Waals surface area contributed by atoms with Crippen LogP contribution in [-0.2, 0) is 0 Å². The van der Waals surface area contributed by atoms with E-state index >= 15 is 0 Å². The van der Waals surface area contributed by atoms with Gasteiger partial charge in [0.05, 0.1) is 12.6 Å². The van der Waals surface area contributed by atoms with Crippen LogP contribution in [0.4, 0.5) is 0 Å². The van der Waals surface area contributed by atoms with E-state index in [1.165, 1.54) is 31.5 Å². The van der Waals surface area contributed by atoms with E-state index in [2.05, 4.69) is 29.3 Å². The largest absolute Gasteiger partial charge is 0.394 e. The highest BCUT2D eigenvalue weighted by molar-refractivity contribution is 5.19. The van der Waals surface area contributed by atoms with Gasteiger partial charge in [-0.15, -0.1) is 0 Å². The van der Waals surface area contributed by atoms with Crippen molar-refractivity contribution in [2.24, 2.45) is 0 Å². The number of aliphatic hydroxyl groups excluding tert-OH is 1. The fraction of sp³-hybridized carbons (Fsp3) is 0.600. The zero-order valence-corrected chi connectivity index (χ0v) is 11.2. The number of aliphatic hydroxyl groups is 1. The molecule has 100 valence electrons. The second-order valence-electron chi connectivity index (χ2n) is 5.02. The number of hydrogen-bond acceptors (Lipinski definition) is 3. The molecule has 1 aromatic carbocycles. The number of piperidine rings is 1. The van der Waals surface area contributed by atoms with Gasteiger partial charge in [-0.1, -0.05) is 37.3 Å². The molecule has 2 N–H and O–H groups in total. The molecule has 0 bridgehead atoms. The summed E-state index contributed by atoms with van der Waals surface area (Å²) in [6.45, 7) is 5.86. The molecule has 1 saturated heterocycles. The Bertz CT molecular complexity index is 334. The van der Waals surface area contributed by atoms with Crippen molar-refractivity contribution in [3.05, 3.63) is 35.9 Å². The van der Waals surface area contributed by atoms with Crippen LogP contribution in [0.5, 0.6) is 0 Å². The Balaban J connectivity index is 1.88. The van der Waals surface area contributed by atoms with E-state index in [0.29, 0.717) is 6.04 Å². The monoisotopic (exact) mass is 248 g/mol. The van der Waals surface area contributed by atoms with E-state index in [1.54, 1.807) is 0 Å². The number of hydrogen-bond donors (Lipinski definition) is 2. The highest BCUT2D eigenvalue weighted by Gasteiger charge is 2.21. The molecule has 3 heteroatoms. The summed E-state index contributed by atoms with van der Waals surface area (Å²) in [6.07, 6.45) is 2.36. The van der Waals surface area contributed by atoms with Crippen molar-refractivity contribution in [2.75, 3.05) is 26.2 Å². The summed E-state index contributed by atoms with van der Waals surface area (Å²) in [5, 5.41) is 13.1. The lowest BCUT2D eigenvalue weighted by atomic mass is 10.0. The maximum absolute atomic E-state index is 9.54. The van der Waals surface area contributed by atoms with Crippen LogP contribution in [-0.4, -0.2) is 42.3 Å². The quantitative estimate of drug-likeness (QED) is 0.834. The van der Waals surface area contributed by atoms with Gasteiger partial charge in [0.25, 0.3) is 0 Å². The molecule has 1 aliphatic rings. The highest BCUT2D eigenvalue weighted by atomic mass is 16.3. The first kappa shape index (κ1) is 13.5. The molecule has 3 nitrogen and oxygen atoms in total. The van der Waals surface area contributed by atoms with Crippen molar-refractivity contribution < 1.29 is 5.11 Å². The van der Waals surface area contributed by atoms with Gasteiger partial charge in [-0.3, -0.25) is 0 Å². The highest BCUT2D eigenvalue weighted by Crippen LogP contribution is 2.17. The Morgan fingerprint density at radius 3 is 2.50 bits per heavy atom. The maximum atomic E-state index is 9.54. The number of likely N-dealkylation sites (tertiary alicyclic amines) is 1. The molecule has 0 spiro atoms. The fourth-order valence-electron chi connectivity index (χ4n) is 2.64. The molecule has 1 fully saturated rings. The van der Waals surface area contributed by atoms with Crippen LogP contribution in [0.3, 0.4) is 0 Å². The maximum Gasteiger partial charge on any atom is 0.0626 e. The van der Waals surface area contributed by atoms with Crippen LogP contribution in [0.2, 0.25) is 0 Å². The summed E-state index contributed by atoms with van der Waals surface area (Å²) in [5.74, 6) is 0. The predicted octanol–water partition coefficient (Wildman–Crippen LogP) is 1.79. The van der Waals surface area contributed by atoms with Crippen molar-refractivity contribution in [3.8, 4) is 0 Å². The van der Waals surface area contributed by atoms with Gasteiger partial charge >= 0.3 is 0 Å². The topological polar surface area (TPSA) is 35.5 Å². The average molecular weight is 248 g/mol. The van der Waals surface area contributed by atoms with E-state index in [0.717, 1.165) is 6.54 Å². The van der Waals surface area contributed by atoms with E-state index < -0.39 is 0 Å². The third kappa shape index (κ3) is 3.55. The summed E-state index contributed by atoms with van der Waals surface area (Å²) in [7, 11) is 0. The molecule has 1 heterocycles. The lowest BCUT2D eigenvalue weighted by Crippen LogP contribution is -2.44. The van der Waals surface area contributed by atoms with Crippen LogP contribution in [0.1, 0.15) is 31.4 Å². The van der Waals surface area contributed by atoms with Gasteiger partial charge in [0.2, 0.25) is 0 Å². The minimum Gasteiger partial charge on any atom is -0.394 e. The van der Waals surface area contributed by atoms with Crippen molar-refractivity contribution in [2.45, 2.75) is 31.8 Å². The van der Waals surface area contributed by atoms with E-state index in [9.17, 15) is 5.11 Å². The Hall–Kier alpha value is -0.900. The number of nitrogens with one attached hydrogen (secondary N) is 1. The first-order valence-electron chi connectivity index (χ1n) is 6.97. The summed E-state index contributed by atoms with van der Waals surface area (Å²) >= 11 is 0. The molecule has 0 aliphatic carbocycles. The minimum atomic E-state index is 0.0735. The summed E-state index contributed by atoms with van der Waals surface area (Å²) in [4.78, 5) is 2.48. The SMILES string of the molecule is CCN1CCC(NC(CO)c2ccccc2)CC1. The third-order valence-corrected chi connectivity index (χ3v) is 3.86. The normalized spacial score (nSPS) is 19.9. The molecule has 0 saturated carbocycles. The zero-order chi connectivity index (χ0) is 12.8. The van der Waals surface area contributed by atoms with Gasteiger partial charge in [-0.05, 0) is 38.0 Å². The molecule has 1 atom stereocenters. The number of nitrogens with zero attached hydrogens (tertiary/aromatic N) is 1.